The molecule has 9 heteroatoms. The fourth-order valence-electron chi connectivity index (χ4n) is 3.13. The zero-order chi connectivity index (χ0) is 18.9. The van der Waals surface area contributed by atoms with Gasteiger partial charge in [-0.2, -0.15) is 11.8 Å². The first-order chi connectivity index (χ1) is 12.5. The first-order valence-electron chi connectivity index (χ1n) is 9.16. The summed E-state index contributed by atoms with van der Waals surface area (Å²) in [5.74, 6) is 3.81. The number of guanidine groups is 1. The number of aliphatic imine (C=N–C) groups is 1. The number of aryl methyl sites for hydroxylation is 1. The number of hydrogen-bond donors (Lipinski definition) is 2. The van der Waals surface area contributed by atoms with E-state index in [4.69, 9.17) is 10.7 Å². The molecule has 1 atom stereocenters. The van der Waals surface area contributed by atoms with Crippen LogP contribution in [0.1, 0.15) is 37.3 Å². The lowest BCUT2D eigenvalue weighted by Gasteiger charge is -2.34. The van der Waals surface area contributed by atoms with Crippen LogP contribution in [0.3, 0.4) is 0 Å². The van der Waals surface area contributed by atoms with Crippen molar-refractivity contribution in [1.82, 2.24) is 25.0 Å². The molecule has 1 aromatic rings. The quantitative estimate of drug-likeness (QED) is 0.394. The molecule has 146 valence electrons. The molecule has 1 aliphatic rings. The smallest absolute Gasteiger partial charge is 0.217 e. The molecule has 1 amide bonds. The Kier molecular flexibility index (Phi) is 8.21. The Morgan fingerprint density at radius 1 is 1.46 bits per heavy atom. The van der Waals surface area contributed by atoms with E-state index in [2.05, 4.69) is 26.7 Å². The Bertz CT molecular complexity index is 616. The molecule has 1 aromatic heterocycles. The molecule has 26 heavy (non-hydrogen) atoms. The second-order valence-corrected chi connectivity index (χ2v) is 7.75. The maximum Gasteiger partial charge on any atom is 0.217 e. The van der Waals surface area contributed by atoms with E-state index in [1.165, 1.54) is 0 Å². The molecule has 1 unspecified atom stereocenters. The van der Waals surface area contributed by atoms with Crippen LogP contribution in [0.2, 0.25) is 0 Å². The number of thioether (sulfide) groups is 1. The highest BCUT2D eigenvalue weighted by atomic mass is 32.2. The van der Waals surface area contributed by atoms with Gasteiger partial charge in [-0.15, -0.1) is 10.2 Å². The van der Waals surface area contributed by atoms with Crippen molar-refractivity contribution in [2.75, 3.05) is 31.6 Å². The summed E-state index contributed by atoms with van der Waals surface area (Å²) in [6.07, 6.45) is 5.74. The van der Waals surface area contributed by atoms with Crippen molar-refractivity contribution in [3.63, 3.8) is 0 Å². The third-order valence-electron chi connectivity index (χ3n) is 4.67. The number of nitrogens with one attached hydrogen (secondary N) is 1. The number of carbonyl (C=O) groups excluding carboxylic acids is 1. The summed E-state index contributed by atoms with van der Waals surface area (Å²) in [5, 5.41) is 11.8. The minimum absolute atomic E-state index is 0.224. The number of nitrogens with two attached hydrogens (primary N) is 1. The predicted octanol–water partition coefficient (Wildman–Crippen LogP) is 0.910. The fraction of sp³-hybridized carbons (Fsp3) is 0.765. The lowest BCUT2D eigenvalue weighted by molar-refractivity contribution is -0.119. The number of likely N-dealkylation sites (tertiary alicyclic amines) is 1. The van der Waals surface area contributed by atoms with Crippen LogP contribution in [0.15, 0.2) is 4.99 Å². The van der Waals surface area contributed by atoms with Gasteiger partial charge < -0.3 is 20.5 Å². The average Bonchev–Trinajstić information content (AvgIpc) is 2.93. The van der Waals surface area contributed by atoms with Gasteiger partial charge in [-0.3, -0.25) is 4.79 Å². The minimum atomic E-state index is -0.224. The normalized spacial score (nSPS) is 18.2. The highest BCUT2D eigenvalue weighted by Crippen LogP contribution is 2.19. The Labute approximate surface area is 160 Å². The van der Waals surface area contributed by atoms with Crippen LogP contribution in [-0.4, -0.2) is 63.2 Å². The van der Waals surface area contributed by atoms with Gasteiger partial charge in [-0.25, -0.2) is 4.99 Å². The second kappa shape index (κ2) is 10.4. The molecule has 0 saturated carbocycles. The number of amides is 1. The van der Waals surface area contributed by atoms with E-state index in [1.54, 1.807) is 0 Å². The highest BCUT2D eigenvalue weighted by Gasteiger charge is 2.23. The second-order valence-electron chi connectivity index (χ2n) is 6.76. The van der Waals surface area contributed by atoms with Crippen LogP contribution in [0, 0.1) is 12.8 Å². The summed E-state index contributed by atoms with van der Waals surface area (Å²) < 4.78 is 1.96. The van der Waals surface area contributed by atoms with Crippen molar-refractivity contribution in [3.05, 3.63) is 11.6 Å². The minimum Gasteiger partial charge on any atom is -0.370 e. The van der Waals surface area contributed by atoms with Gasteiger partial charge in [0, 0.05) is 33.1 Å². The largest absolute Gasteiger partial charge is 0.370 e. The average molecular weight is 382 g/mol. The maximum absolute atomic E-state index is 11.3. The van der Waals surface area contributed by atoms with Crippen molar-refractivity contribution < 1.29 is 4.79 Å². The van der Waals surface area contributed by atoms with Gasteiger partial charge in [0.05, 0.1) is 0 Å². The Hall–Kier alpha value is -1.77. The fourth-order valence-corrected chi connectivity index (χ4v) is 3.56. The number of hydrogen-bond acceptors (Lipinski definition) is 5. The summed E-state index contributed by atoms with van der Waals surface area (Å²) in [5.41, 5.74) is 5.39. The highest BCUT2D eigenvalue weighted by molar-refractivity contribution is 7.98. The van der Waals surface area contributed by atoms with Crippen LogP contribution in [0.4, 0.5) is 0 Å². The summed E-state index contributed by atoms with van der Waals surface area (Å²) in [4.78, 5) is 18.3. The number of nitrogens with zero attached hydrogens (tertiary/aromatic N) is 5. The zero-order valence-corrected chi connectivity index (χ0v) is 16.9. The van der Waals surface area contributed by atoms with Crippen molar-refractivity contribution in [3.8, 4) is 0 Å². The predicted molar refractivity (Wildman–Crippen MR) is 106 cm³/mol. The van der Waals surface area contributed by atoms with Gasteiger partial charge in [0.2, 0.25) is 5.91 Å². The van der Waals surface area contributed by atoms with Crippen LogP contribution >= 0.6 is 11.8 Å². The van der Waals surface area contributed by atoms with Crippen LogP contribution in [-0.2, 0) is 18.4 Å². The maximum atomic E-state index is 11.3. The molecule has 0 radical (unpaired) electrons. The number of aromatic nitrogens is 3. The topological polar surface area (TPSA) is 101 Å². The molecule has 2 rings (SSSR count). The van der Waals surface area contributed by atoms with E-state index in [9.17, 15) is 4.79 Å². The molecule has 0 bridgehead atoms. The van der Waals surface area contributed by atoms with E-state index in [0.717, 1.165) is 62.3 Å². The number of piperidine rings is 1. The van der Waals surface area contributed by atoms with E-state index in [1.807, 2.05) is 30.3 Å². The number of primary amides is 1. The molecule has 1 aliphatic heterocycles. The van der Waals surface area contributed by atoms with E-state index < -0.39 is 0 Å². The molecule has 8 nitrogen and oxygen atoms in total. The van der Waals surface area contributed by atoms with Crippen molar-refractivity contribution >= 4 is 23.6 Å². The third-order valence-corrected chi connectivity index (χ3v) is 5.37. The molecular weight excluding hydrogens is 350 g/mol. The summed E-state index contributed by atoms with van der Waals surface area (Å²) in [7, 11) is 1.95. The van der Waals surface area contributed by atoms with Crippen LogP contribution in [0.5, 0.6) is 0 Å². The molecular formula is C17H31N7OS. The number of rotatable bonds is 8. The molecule has 2 heterocycles. The Morgan fingerprint density at radius 2 is 2.27 bits per heavy atom. The SMILES string of the molecule is CSCCCNC(=NCc1nnc(C)n1C)N1CCCC(CC(N)=O)C1. The first kappa shape index (κ1) is 20.5. The molecule has 0 aliphatic carbocycles. The van der Waals surface area contributed by atoms with Gasteiger partial charge in [-0.1, -0.05) is 0 Å². The Balaban J connectivity index is 2.05. The molecule has 1 saturated heterocycles. The first-order valence-corrected chi connectivity index (χ1v) is 10.6. The van der Waals surface area contributed by atoms with Gasteiger partial charge >= 0.3 is 0 Å². The van der Waals surface area contributed by atoms with Crippen LogP contribution in [0.25, 0.3) is 0 Å². The standard InChI is InChI=1S/C17H31N7OS/c1-13-21-22-16(23(13)2)11-20-17(19-7-5-9-26-3)24-8-4-6-14(12-24)10-15(18)25/h14H,4-12H2,1-3H3,(H2,18,25)(H,19,20). The molecule has 0 aromatic carbocycles. The lowest BCUT2D eigenvalue weighted by Crippen LogP contribution is -2.47. The lowest BCUT2D eigenvalue weighted by atomic mass is 9.95. The van der Waals surface area contributed by atoms with E-state index in [0.29, 0.717) is 18.9 Å². The summed E-state index contributed by atoms with van der Waals surface area (Å²) in [6.45, 7) is 5.06. The van der Waals surface area contributed by atoms with Gasteiger partial charge in [0.15, 0.2) is 11.8 Å². The Morgan fingerprint density at radius 3 is 2.92 bits per heavy atom. The summed E-state index contributed by atoms with van der Waals surface area (Å²) >= 11 is 1.84. The van der Waals surface area contributed by atoms with Gasteiger partial charge in [0.25, 0.3) is 0 Å². The zero-order valence-electron chi connectivity index (χ0n) is 16.1. The van der Waals surface area contributed by atoms with Crippen molar-refractivity contribution in [1.29, 1.82) is 0 Å². The van der Waals surface area contributed by atoms with Gasteiger partial charge in [-0.05, 0) is 44.1 Å². The van der Waals surface area contributed by atoms with Crippen LogP contribution < -0.4 is 11.1 Å². The summed E-state index contributed by atoms with van der Waals surface area (Å²) in [6, 6.07) is 0. The third kappa shape index (κ3) is 6.19. The molecule has 3 N–H and O–H groups in total. The molecule has 0 spiro atoms. The molecule has 1 fully saturated rings. The van der Waals surface area contributed by atoms with E-state index >= 15 is 0 Å². The van der Waals surface area contributed by atoms with Gasteiger partial charge in [0.1, 0.15) is 12.4 Å². The van der Waals surface area contributed by atoms with E-state index in [-0.39, 0.29) is 5.91 Å². The van der Waals surface area contributed by atoms with Crippen molar-refractivity contribution in [2.24, 2.45) is 23.7 Å². The van der Waals surface area contributed by atoms with Crippen molar-refractivity contribution in [2.45, 2.75) is 39.2 Å². The number of carbonyl (C=O) groups is 1. The monoisotopic (exact) mass is 381 g/mol.